The number of rotatable bonds is 3. The summed E-state index contributed by atoms with van der Waals surface area (Å²) in [5, 5.41) is 18.1. The molecule has 8 nitrogen and oxygen atoms in total. The van der Waals surface area contributed by atoms with Crippen molar-refractivity contribution in [3.8, 4) is 5.69 Å². The molecule has 1 N–H and O–H groups in total. The van der Waals surface area contributed by atoms with E-state index in [4.69, 9.17) is 39.5 Å². The fourth-order valence-corrected chi connectivity index (χ4v) is 2.78. The molecule has 0 fully saturated rings. The number of hydrogen-bond acceptors (Lipinski definition) is 5. The minimum atomic E-state index is -1.74. The molecule has 3 rings (SSSR count). The summed E-state index contributed by atoms with van der Waals surface area (Å²) in [4.78, 5) is 23.9. The van der Waals surface area contributed by atoms with Gasteiger partial charge in [0.2, 0.25) is 3.79 Å². The molecule has 2 heterocycles. The van der Waals surface area contributed by atoms with E-state index >= 15 is 0 Å². The van der Waals surface area contributed by atoms with Gasteiger partial charge in [-0.3, -0.25) is 0 Å². The van der Waals surface area contributed by atoms with Crippen molar-refractivity contribution in [3.63, 3.8) is 0 Å². The summed E-state index contributed by atoms with van der Waals surface area (Å²) in [5.41, 5.74) is 1.39. The van der Waals surface area contributed by atoms with E-state index in [-0.39, 0.29) is 11.1 Å². The lowest BCUT2D eigenvalue weighted by molar-refractivity contribution is 0.0501. The van der Waals surface area contributed by atoms with Gasteiger partial charge >= 0.3 is 12.1 Å². The van der Waals surface area contributed by atoms with Gasteiger partial charge in [0.1, 0.15) is 6.61 Å². The first-order valence-corrected chi connectivity index (χ1v) is 9.56. The Labute approximate surface area is 180 Å². The molecule has 0 amide bonds. The third kappa shape index (κ3) is 4.66. The highest BCUT2D eigenvalue weighted by atomic mass is 35.6. The van der Waals surface area contributed by atoms with Crippen molar-refractivity contribution in [1.29, 1.82) is 0 Å². The van der Waals surface area contributed by atoms with Crippen LogP contribution in [-0.2, 0) is 10.2 Å². The van der Waals surface area contributed by atoms with Crippen molar-refractivity contribution in [1.82, 2.24) is 19.6 Å². The van der Waals surface area contributed by atoms with Gasteiger partial charge in [-0.15, -0.1) is 0 Å². The number of carboxylic acid groups (broad SMARTS) is 1. The molecule has 11 heteroatoms. The smallest absolute Gasteiger partial charge is 0.432 e. The fourth-order valence-electron chi connectivity index (χ4n) is 2.62. The first kappa shape index (κ1) is 21.4. The zero-order chi connectivity index (χ0) is 21.6. The monoisotopic (exact) mass is 458 g/mol. The molecule has 0 bridgehead atoms. The number of carbonyl (C=O) groups is 2. The van der Waals surface area contributed by atoms with Crippen LogP contribution in [0, 0.1) is 0 Å². The Morgan fingerprint density at radius 1 is 1.17 bits per heavy atom. The van der Waals surface area contributed by atoms with Crippen LogP contribution in [0.5, 0.6) is 0 Å². The van der Waals surface area contributed by atoms with Crippen LogP contribution in [0.1, 0.15) is 37.0 Å². The molecule has 1 aromatic carbocycles. The van der Waals surface area contributed by atoms with Gasteiger partial charge in [0.05, 0.1) is 23.1 Å². The van der Waals surface area contributed by atoms with Gasteiger partial charge in [-0.2, -0.15) is 14.9 Å². The van der Waals surface area contributed by atoms with Gasteiger partial charge in [-0.25, -0.2) is 14.3 Å². The minimum absolute atomic E-state index is 0.147. The summed E-state index contributed by atoms with van der Waals surface area (Å²) in [6, 6.07) is 6.51. The summed E-state index contributed by atoms with van der Waals surface area (Å²) in [5.74, 6) is -0.708. The number of fused-ring (bicyclic) bond motifs is 1. The number of carbonyl (C=O) groups excluding carboxylic acids is 1. The highest BCUT2D eigenvalue weighted by molar-refractivity contribution is 6.67. The molecule has 3 aromatic rings. The third-order valence-electron chi connectivity index (χ3n) is 4.03. The highest BCUT2D eigenvalue weighted by Crippen LogP contribution is 2.28. The molecule has 154 valence electrons. The van der Waals surface area contributed by atoms with Gasteiger partial charge in [0.15, 0.2) is 5.69 Å². The van der Waals surface area contributed by atoms with Crippen LogP contribution >= 0.6 is 34.8 Å². The number of halogens is 3. The largest absolute Gasteiger partial charge is 0.463 e. The summed E-state index contributed by atoms with van der Waals surface area (Å²) in [6.07, 6.45) is 0.222. The van der Waals surface area contributed by atoms with Crippen molar-refractivity contribution in [2.75, 3.05) is 6.61 Å². The Hall–Kier alpha value is -2.29. The molecule has 0 unspecified atom stereocenters. The van der Waals surface area contributed by atoms with Crippen LogP contribution in [0.25, 0.3) is 16.6 Å². The van der Waals surface area contributed by atoms with E-state index < -0.39 is 22.5 Å². The number of esters is 1. The predicted octanol–water partition coefficient (Wildman–Crippen LogP) is 4.57. The Kier molecular flexibility index (Phi) is 5.55. The number of ether oxygens (including phenoxy) is 1. The summed E-state index contributed by atoms with van der Waals surface area (Å²) < 4.78 is 5.65. The number of nitrogens with zero attached hydrogens (tertiary/aromatic N) is 4. The highest BCUT2D eigenvalue weighted by Gasteiger charge is 2.27. The maximum atomic E-state index is 12.6. The van der Waals surface area contributed by atoms with Gasteiger partial charge in [-0.05, 0) is 24.3 Å². The quantitative estimate of drug-likeness (QED) is 0.455. The van der Waals surface area contributed by atoms with Crippen LogP contribution in [0.4, 0.5) is 4.79 Å². The maximum absolute atomic E-state index is 12.6. The van der Waals surface area contributed by atoms with Crippen molar-refractivity contribution < 1.29 is 19.4 Å². The number of aromatic nitrogens is 4. The maximum Gasteiger partial charge on any atom is 0.432 e. The second kappa shape index (κ2) is 7.51. The number of hydrogen-bond donors (Lipinski definition) is 1. The Morgan fingerprint density at radius 2 is 1.86 bits per heavy atom. The molecule has 0 radical (unpaired) electrons. The Balaban J connectivity index is 2.07. The van der Waals surface area contributed by atoms with Gasteiger partial charge < -0.3 is 9.84 Å². The molecular weight excluding hydrogens is 443 g/mol. The van der Waals surface area contributed by atoms with Crippen LogP contribution in [0.3, 0.4) is 0 Å². The van der Waals surface area contributed by atoms with E-state index in [0.29, 0.717) is 22.3 Å². The molecule has 0 saturated heterocycles. The van der Waals surface area contributed by atoms with Crippen LogP contribution in [0.2, 0.25) is 0 Å². The molecule has 29 heavy (non-hydrogen) atoms. The zero-order valence-corrected chi connectivity index (χ0v) is 18.0. The summed E-state index contributed by atoms with van der Waals surface area (Å²) in [7, 11) is 0. The molecule has 0 aliphatic rings. The van der Waals surface area contributed by atoms with E-state index in [2.05, 4.69) is 10.2 Å². The van der Waals surface area contributed by atoms with Crippen molar-refractivity contribution in [2.45, 2.75) is 30.0 Å². The average molecular weight is 460 g/mol. The first-order valence-electron chi connectivity index (χ1n) is 8.43. The normalized spacial score (nSPS) is 12.3. The minimum Gasteiger partial charge on any atom is -0.463 e. The topological polar surface area (TPSA) is 99.2 Å². The van der Waals surface area contributed by atoms with E-state index in [0.717, 1.165) is 4.68 Å². The predicted molar refractivity (Wildman–Crippen MR) is 110 cm³/mol. The lowest BCUT2D eigenvalue weighted by Crippen LogP contribution is -2.19. The third-order valence-corrected chi connectivity index (χ3v) is 4.36. The zero-order valence-electron chi connectivity index (χ0n) is 15.7. The van der Waals surface area contributed by atoms with E-state index in [1.54, 1.807) is 24.3 Å². The van der Waals surface area contributed by atoms with Crippen molar-refractivity contribution in [2.24, 2.45) is 0 Å². The fraction of sp³-hybridized carbons (Fsp3) is 0.333. The second-order valence-electron chi connectivity index (χ2n) is 7.35. The Morgan fingerprint density at radius 3 is 2.45 bits per heavy atom. The van der Waals surface area contributed by atoms with E-state index in [1.807, 2.05) is 20.8 Å². The average Bonchev–Trinajstić information content (AvgIpc) is 3.22. The second-order valence-corrected chi connectivity index (χ2v) is 9.87. The summed E-state index contributed by atoms with van der Waals surface area (Å²) in [6.45, 7) is 5.44. The lowest BCUT2D eigenvalue weighted by atomic mass is 9.92. The molecule has 2 aromatic heterocycles. The Bertz CT molecular complexity index is 1090. The molecular formula is C18H17Cl3N4O4. The molecule has 0 aliphatic carbocycles. The molecule has 0 aliphatic heterocycles. The number of benzene rings is 1. The SMILES string of the molecule is CC(C)(C)c1cc(C(=O)OCC(Cl)(Cl)Cl)n(-c2ccc3c(cnn3C(=O)O)c2)n1. The van der Waals surface area contributed by atoms with E-state index in [9.17, 15) is 14.7 Å². The summed E-state index contributed by atoms with van der Waals surface area (Å²) >= 11 is 17.0. The van der Waals surface area contributed by atoms with E-state index in [1.165, 1.54) is 10.9 Å². The van der Waals surface area contributed by atoms with Crippen molar-refractivity contribution >= 4 is 57.8 Å². The molecule has 0 saturated carbocycles. The van der Waals surface area contributed by atoms with Crippen molar-refractivity contribution in [3.05, 3.63) is 41.9 Å². The van der Waals surface area contributed by atoms with Gasteiger partial charge in [-0.1, -0.05) is 55.6 Å². The standard InChI is InChI=1S/C18H17Cl3N4O4/c1-17(2,3)14-7-13(15(26)29-9-18(19,20)21)24(23-14)11-4-5-12-10(6-11)8-22-25(12)16(27)28/h4-8H,9H2,1-3H3,(H,27,28). The van der Waals surface area contributed by atoms with Gasteiger partial charge in [0, 0.05) is 10.8 Å². The first-order chi connectivity index (χ1) is 13.4. The lowest BCUT2D eigenvalue weighted by Gasteiger charge is -2.14. The molecule has 0 spiro atoms. The number of alkyl halides is 3. The van der Waals surface area contributed by atoms with Gasteiger partial charge in [0.25, 0.3) is 0 Å². The molecule has 0 atom stereocenters. The van der Waals surface area contributed by atoms with Crippen LogP contribution in [0.15, 0.2) is 30.5 Å². The van der Waals surface area contributed by atoms with Crippen LogP contribution < -0.4 is 0 Å². The van der Waals surface area contributed by atoms with Crippen LogP contribution in [-0.4, -0.2) is 47.1 Å².